The molecule has 0 aliphatic heterocycles. The Labute approximate surface area is 84.1 Å². The van der Waals surface area contributed by atoms with Gasteiger partial charge in [-0.25, -0.2) is 0 Å². The van der Waals surface area contributed by atoms with E-state index in [0.717, 1.165) is 18.4 Å². The Morgan fingerprint density at radius 3 is 2.64 bits per heavy atom. The molecule has 72 valence electrons. The Bertz CT molecular complexity index is 394. The molecule has 1 heteroatoms. The molecule has 1 aromatic rings. The highest BCUT2D eigenvalue weighted by Gasteiger charge is 2.40. The fourth-order valence-electron chi connectivity index (χ4n) is 3.00. The van der Waals surface area contributed by atoms with Crippen LogP contribution < -0.4 is 0 Å². The van der Waals surface area contributed by atoms with Crippen LogP contribution in [0.5, 0.6) is 0 Å². The molecule has 2 bridgehead atoms. The van der Waals surface area contributed by atoms with E-state index in [1.165, 1.54) is 11.1 Å². The first kappa shape index (κ1) is 8.25. The lowest BCUT2D eigenvalue weighted by atomic mass is 9.63. The van der Waals surface area contributed by atoms with Crippen molar-refractivity contribution in [1.29, 1.82) is 0 Å². The molecule has 0 heterocycles. The van der Waals surface area contributed by atoms with Gasteiger partial charge in [0.15, 0.2) is 0 Å². The van der Waals surface area contributed by atoms with Gasteiger partial charge in [0.05, 0.1) is 6.10 Å². The van der Waals surface area contributed by atoms with Crippen molar-refractivity contribution in [2.24, 2.45) is 0 Å². The maximum absolute atomic E-state index is 10.0. The zero-order chi connectivity index (χ0) is 9.71. The average Bonchev–Trinajstić information content (AvgIpc) is 2.24. The number of rotatable bonds is 0. The van der Waals surface area contributed by atoms with Crippen LogP contribution in [0.4, 0.5) is 0 Å². The second kappa shape index (κ2) is 2.71. The monoisotopic (exact) mass is 186 g/mol. The van der Waals surface area contributed by atoms with Crippen molar-refractivity contribution in [1.82, 2.24) is 0 Å². The molecule has 0 saturated heterocycles. The molecular weight excluding hydrogens is 172 g/mol. The van der Waals surface area contributed by atoms with Crippen molar-refractivity contribution in [3.63, 3.8) is 0 Å². The SMILES string of the molecule is C=C1[C@@H](O)[C@H]2CC[C@@H]1c1ccccc12. The lowest BCUT2D eigenvalue weighted by molar-refractivity contribution is 0.136. The van der Waals surface area contributed by atoms with Gasteiger partial charge in [-0.3, -0.25) is 0 Å². The second-order valence-electron chi connectivity index (χ2n) is 4.39. The largest absolute Gasteiger partial charge is 0.388 e. The molecular formula is C13H14O. The summed E-state index contributed by atoms with van der Waals surface area (Å²) < 4.78 is 0. The van der Waals surface area contributed by atoms with Gasteiger partial charge in [-0.15, -0.1) is 0 Å². The van der Waals surface area contributed by atoms with Crippen LogP contribution in [-0.2, 0) is 0 Å². The van der Waals surface area contributed by atoms with Crippen molar-refractivity contribution in [2.45, 2.75) is 30.8 Å². The van der Waals surface area contributed by atoms with E-state index in [-0.39, 0.29) is 6.10 Å². The first-order chi connectivity index (χ1) is 6.79. The molecule has 1 nitrogen and oxygen atoms in total. The predicted octanol–water partition coefficient (Wildman–Crippen LogP) is 2.58. The van der Waals surface area contributed by atoms with E-state index in [1.54, 1.807) is 0 Å². The number of hydrogen-bond donors (Lipinski definition) is 1. The van der Waals surface area contributed by atoms with Gasteiger partial charge in [-0.1, -0.05) is 30.8 Å². The fourth-order valence-corrected chi connectivity index (χ4v) is 3.00. The van der Waals surface area contributed by atoms with Gasteiger partial charge in [0.1, 0.15) is 0 Å². The standard InChI is InChI=1S/C13H14O/c1-8-9-6-7-12(13(8)14)11-5-3-2-4-10(9)11/h2-5,9,12-14H,1,6-7H2/t9-,12-,13+/m0/s1. The smallest absolute Gasteiger partial charge is 0.0822 e. The van der Waals surface area contributed by atoms with Gasteiger partial charge < -0.3 is 5.11 Å². The summed E-state index contributed by atoms with van der Waals surface area (Å²) in [7, 11) is 0. The molecule has 3 aliphatic carbocycles. The minimum atomic E-state index is -0.302. The van der Waals surface area contributed by atoms with E-state index >= 15 is 0 Å². The molecule has 0 aromatic heterocycles. The molecule has 0 radical (unpaired) electrons. The Balaban J connectivity index is 2.22. The van der Waals surface area contributed by atoms with Crippen LogP contribution in [0.15, 0.2) is 36.4 Å². The van der Waals surface area contributed by atoms with Crippen LogP contribution in [0.25, 0.3) is 0 Å². The highest BCUT2D eigenvalue weighted by molar-refractivity contribution is 5.47. The summed E-state index contributed by atoms with van der Waals surface area (Å²) in [5.41, 5.74) is 3.78. The summed E-state index contributed by atoms with van der Waals surface area (Å²) in [6.07, 6.45) is 1.98. The van der Waals surface area contributed by atoms with Gasteiger partial charge >= 0.3 is 0 Å². The highest BCUT2D eigenvalue weighted by Crippen LogP contribution is 2.51. The molecule has 1 aromatic carbocycles. The molecule has 1 N–H and O–H groups in total. The van der Waals surface area contributed by atoms with E-state index in [4.69, 9.17) is 0 Å². The van der Waals surface area contributed by atoms with Crippen LogP contribution in [0, 0.1) is 0 Å². The molecule has 0 unspecified atom stereocenters. The summed E-state index contributed by atoms with van der Waals surface area (Å²) in [6.45, 7) is 4.03. The normalized spacial score (nSPS) is 34.4. The van der Waals surface area contributed by atoms with Crippen LogP contribution in [-0.4, -0.2) is 11.2 Å². The Hall–Kier alpha value is -1.08. The second-order valence-corrected chi connectivity index (χ2v) is 4.39. The highest BCUT2D eigenvalue weighted by atomic mass is 16.3. The lowest BCUT2D eigenvalue weighted by Crippen LogP contribution is -2.35. The first-order valence-corrected chi connectivity index (χ1v) is 5.24. The van der Waals surface area contributed by atoms with E-state index in [1.807, 2.05) is 0 Å². The maximum Gasteiger partial charge on any atom is 0.0822 e. The molecule has 4 rings (SSSR count). The Morgan fingerprint density at radius 2 is 1.86 bits per heavy atom. The molecule has 0 amide bonds. The van der Waals surface area contributed by atoms with Crippen molar-refractivity contribution in [3.05, 3.63) is 47.5 Å². The minimum absolute atomic E-state index is 0.302. The van der Waals surface area contributed by atoms with Gasteiger partial charge in [-0.05, 0) is 29.5 Å². The number of hydrogen-bond acceptors (Lipinski definition) is 1. The summed E-state index contributed by atoms with van der Waals surface area (Å²) in [5, 5.41) is 10.0. The molecule has 3 atom stereocenters. The van der Waals surface area contributed by atoms with Gasteiger partial charge in [0, 0.05) is 11.8 Å². The van der Waals surface area contributed by atoms with Crippen molar-refractivity contribution < 1.29 is 5.11 Å². The molecule has 3 aliphatic rings. The molecule has 1 fully saturated rings. The maximum atomic E-state index is 10.0. The van der Waals surface area contributed by atoms with Crippen molar-refractivity contribution in [2.75, 3.05) is 0 Å². The summed E-state index contributed by atoms with van der Waals surface area (Å²) >= 11 is 0. The number of aliphatic hydroxyl groups is 1. The predicted molar refractivity (Wildman–Crippen MR) is 56.3 cm³/mol. The van der Waals surface area contributed by atoms with Crippen LogP contribution in [0.2, 0.25) is 0 Å². The third-order valence-electron chi connectivity index (χ3n) is 3.75. The van der Waals surface area contributed by atoms with E-state index in [9.17, 15) is 5.11 Å². The fraction of sp³-hybridized carbons (Fsp3) is 0.385. The van der Waals surface area contributed by atoms with E-state index < -0.39 is 0 Å². The number of benzene rings is 1. The van der Waals surface area contributed by atoms with Crippen molar-refractivity contribution >= 4 is 0 Å². The Morgan fingerprint density at radius 1 is 1.14 bits per heavy atom. The average molecular weight is 186 g/mol. The topological polar surface area (TPSA) is 20.2 Å². The van der Waals surface area contributed by atoms with Crippen molar-refractivity contribution in [3.8, 4) is 0 Å². The van der Waals surface area contributed by atoms with Gasteiger partial charge in [-0.2, -0.15) is 0 Å². The molecule has 14 heavy (non-hydrogen) atoms. The Kier molecular flexibility index (Phi) is 1.59. The van der Waals surface area contributed by atoms with Gasteiger partial charge in [0.2, 0.25) is 0 Å². The zero-order valence-corrected chi connectivity index (χ0v) is 8.11. The van der Waals surface area contributed by atoms with Crippen LogP contribution in [0.1, 0.15) is 35.8 Å². The zero-order valence-electron chi connectivity index (χ0n) is 8.11. The lowest BCUT2D eigenvalue weighted by Gasteiger charge is -2.43. The van der Waals surface area contributed by atoms with Crippen LogP contribution in [0.3, 0.4) is 0 Å². The third-order valence-corrected chi connectivity index (χ3v) is 3.75. The third kappa shape index (κ3) is 0.881. The molecule has 1 saturated carbocycles. The minimum Gasteiger partial charge on any atom is -0.388 e. The van der Waals surface area contributed by atoms with Crippen LogP contribution >= 0.6 is 0 Å². The molecule has 0 spiro atoms. The summed E-state index contributed by atoms with van der Waals surface area (Å²) in [5.74, 6) is 0.717. The first-order valence-electron chi connectivity index (χ1n) is 5.24. The number of fused-ring (bicyclic) bond motifs is 2. The van der Waals surface area contributed by atoms with E-state index in [0.29, 0.717) is 11.8 Å². The van der Waals surface area contributed by atoms with E-state index in [2.05, 4.69) is 30.8 Å². The summed E-state index contributed by atoms with van der Waals surface area (Å²) in [4.78, 5) is 0. The number of aliphatic hydroxyl groups excluding tert-OH is 1. The summed E-state index contributed by atoms with van der Waals surface area (Å²) in [6, 6.07) is 8.49. The quantitative estimate of drug-likeness (QED) is 0.617. The van der Waals surface area contributed by atoms with Gasteiger partial charge in [0.25, 0.3) is 0 Å².